The van der Waals surface area contributed by atoms with Crippen molar-refractivity contribution in [2.24, 2.45) is 0 Å². The minimum Gasteiger partial charge on any atom is -0.493 e. The Morgan fingerprint density at radius 2 is 2.00 bits per heavy atom. The van der Waals surface area contributed by atoms with Crippen molar-refractivity contribution in [1.29, 1.82) is 5.26 Å². The summed E-state index contributed by atoms with van der Waals surface area (Å²) >= 11 is 0. The molecule has 0 aliphatic rings. The normalized spacial score (nSPS) is 9.47. The molecular weight excluding hydrogens is 218 g/mol. The van der Waals surface area contributed by atoms with Gasteiger partial charge in [0, 0.05) is 19.3 Å². The average Bonchev–Trinajstić information content (AvgIpc) is 2.36. The fourth-order valence-corrected chi connectivity index (χ4v) is 1.50. The van der Waals surface area contributed by atoms with Crippen LogP contribution >= 0.6 is 0 Å². The van der Waals surface area contributed by atoms with Crippen LogP contribution in [0.1, 0.15) is 18.4 Å². The highest BCUT2D eigenvalue weighted by molar-refractivity contribution is 5.81. The molecule has 4 nitrogen and oxygen atoms in total. The van der Waals surface area contributed by atoms with Gasteiger partial charge in [0.1, 0.15) is 5.78 Å². The van der Waals surface area contributed by atoms with Crippen LogP contribution in [0.3, 0.4) is 0 Å². The van der Waals surface area contributed by atoms with E-state index in [9.17, 15) is 4.79 Å². The number of hydrogen-bond donors (Lipinski definition) is 0. The number of nitriles is 1. The summed E-state index contributed by atoms with van der Waals surface area (Å²) in [6, 6.07) is 7.34. The lowest BCUT2D eigenvalue weighted by molar-refractivity contribution is -0.118. The Hall–Kier alpha value is -2.02. The van der Waals surface area contributed by atoms with E-state index in [4.69, 9.17) is 14.7 Å². The quantitative estimate of drug-likeness (QED) is 0.755. The first-order valence-electron chi connectivity index (χ1n) is 5.30. The molecule has 4 heteroatoms. The zero-order chi connectivity index (χ0) is 12.7. The van der Waals surface area contributed by atoms with E-state index in [1.54, 1.807) is 26.4 Å². The summed E-state index contributed by atoms with van der Waals surface area (Å²) in [7, 11) is 3.12. The van der Waals surface area contributed by atoms with Crippen molar-refractivity contribution >= 4 is 5.78 Å². The summed E-state index contributed by atoms with van der Waals surface area (Å²) in [5.74, 6) is 1.30. The molecule has 1 aromatic rings. The number of nitrogens with zero attached hydrogens (tertiary/aromatic N) is 1. The highest BCUT2D eigenvalue weighted by Gasteiger charge is 2.08. The van der Waals surface area contributed by atoms with Gasteiger partial charge < -0.3 is 9.47 Å². The largest absolute Gasteiger partial charge is 0.493 e. The summed E-state index contributed by atoms with van der Waals surface area (Å²) in [6.07, 6.45) is 0.888. The lowest BCUT2D eigenvalue weighted by atomic mass is 10.1. The maximum absolute atomic E-state index is 11.5. The molecule has 1 rings (SSSR count). The van der Waals surface area contributed by atoms with Crippen LogP contribution in [-0.2, 0) is 11.2 Å². The molecule has 0 aliphatic heterocycles. The van der Waals surface area contributed by atoms with Crippen molar-refractivity contribution in [3.63, 3.8) is 0 Å². The van der Waals surface area contributed by atoms with Gasteiger partial charge in [-0.2, -0.15) is 5.26 Å². The van der Waals surface area contributed by atoms with Gasteiger partial charge in [0.05, 0.1) is 20.3 Å². The maximum atomic E-state index is 11.5. The summed E-state index contributed by atoms with van der Waals surface area (Å²) in [5, 5.41) is 8.39. The van der Waals surface area contributed by atoms with Crippen LogP contribution in [0.5, 0.6) is 11.5 Å². The molecule has 0 saturated heterocycles. The van der Waals surface area contributed by atoms with Crippen molar-refractivity contribution in [3.05, 3.63) is 23.8 Å². The molecular formula is C13H15NO3. The summed E-state index contributed by atoms with van der Waals surface area (Å²) in [4.78, 5) is 11.5. The van der Waals surface area contributed by atoms with E-state index < -0.39 is 0 Å². The maximum Gasteiger partial charge on any atom is 0.161 e. The third-order valence-corrected chi connectivity index (χ3v) is 2.36. The molecule has 0 heterocycles. The predicted octanol–water partition coefficient (Wildman–Crippen LogP) is 2.12. The van der Waals surface area contributed by atoms with Gasteiger partial charge >= 0.3 is 0 Å². The van der Waals surface area contributed by atoms with Gasteiger partial charge in [0.2, 0.25) is 0 Å². The van der Waals surface area contributed by atoms with Gasteiger partial charge in [-0.05, 0) is 17.7 Å². The molecule has 0 fully saturated rings. The molecule has 0 N–H and O–H groups in total. The fourth-order valence-electron chi connectivity index (χ4n) is 1.50. The van der Waals surface area contributed by atoms with Crippen LogP contribution < -0.4 is 9.47 Å². The average molecular weight is 233 g/mol. The third-order valence-electron chi connectivity index (χ3n) is 2.36. The Balaban J connectivity index is 2.73. The van der Waals surface area contributed by atoms with Gasteiger partial charge in [-0.15, -0.1) is 0 Å². The highest BCUT2D eigenvalue weighted by atomic mass is 16.5. The van der Waals surface area contributed by atoms with Crippen LogP contribution in [0, 0.1) is 11.3 Å². The molecule has 0 aromatic heterocycles. The Labute approximate surface area is 101 Å². The van der Waals surface area contributed by atoms with Crippen LogP contribution in [0.2, 0.25) is 0 Å². The molecule has 0 amide bonds. The molecule has 0 atom stereocenters. The highest BCUT2D eigenvalue weighted by Crippen LogP contribution is 2.27. The second-order valence-electron chi connectivity index (χ2n) is 3.56. The van der Waals surface area contributed by atoms with Crippen molar-refractivity contribution in [1.82, 2.24) is 0 Å². The minimum atomic E-state index is 0.0544. The first-order chi connectivity index (χ1) is 8.21. The number of hydrogen-bond acceptors (Lipinski definition) is 4. The van der Waals surface area contributed by atoms with Crippen LogP contribution in [-0.4, -0.2) is 20.0 Å². The molecule has 0 bridgehead atoms. The molecule has 0 spiro atoms. The van der Waals surface area contributed by atoms with Crippen molar-refractivity contribution in [2.45, 2.75) is 19.3 Å². The Morgan fingerprint density at radius 3 is 2.59 bits per heavy atom. The van der Waals surface area contributed by atoms with E-state index in [2.05, 4.69) is 0 Å². The summed E-state index contributed by atoms with van der Waals surface area (Å²) in [5.41, 5.74) is 0.866. The first kappa shape index (κ1) is 13.0. The van der Waals surface area contributed by atoms with Gasteiger partial charge in [0.25, 0.3) is 0 Å². The summed E-state index contributed by atoms with van der Waals surface area (Å²) in [6.45, 7) is 0. The first-order valence-corrected chi connectivity index (χ1v) is 5.30. The summed E-state index contributed by atoms with van der Waals surface area (Å²) < 4.78 is 10.3. The van der Waals surface area contributed by atoms with Gasteiger partial charge in [-0.3, -0.25) is 4.79 Å². The van der Waals surface area contributed by atoms with Crippen LogP contribution in [0.15, 0.2) is 18.2 Å². The number of Topliss-reactive ketones (excluding diaryl/α,β-unsaturated/α-hetero) is 1. The van der Waals surface area contributed by atoms with E-state index in [1.807, 2.05) is 12.1 Å². The molecule has 0 radical (unpaired) electrons. The topological polar surface area (TPSA) is 59.3 Å². The number of ketones is 1. The Bertz CT molecular complexity index is 435. The third kappa shape index (κ3) is 3.80. The minimum absolute atomic E-state index is 0.0544. The van der Waals surface area contributed by atoms with Crippen molar-refractivity contribution in [3.8, 4) is 17.6 Å². The molecule has 0 unspecified atom stereocenters. The standard InChI is InChI=1S/C13H15NO3/c1-16-12-6-5-10(9-13(12)17-2)8-11(15)4-3-7-14/h5-6,9H,3-4,8H2,1-2H3. The van der Waals surface area contributed by atoms with E-state index in [0.29, 0.717) is 24.3 Å². The fraction of sp³-hybridized carbons (Fsp3) is 0.385. The SMILES string of the molecule is COc1ccc(CC(=O)CCC#N)cc1OC. The monoisotopic (exact) mass is 233 g/mol. The van der Waals surface area contributed by atoms with Crippen LogP contribution in [0.25, 0.3) is 0 Å². The lowest BCUT2D eigenvalue weighted by Crippen LogP contribution is -2.02. The zero-order valence-corrected chi connectivity index (χ0v) is 10.0. The number of methoxy groups -OCH3 is 2. The van der Waals surface area contributed by atoms with E-state index in [1.165, 1.54) is 0 Å². The Morgan fingerprint density at radius 1 is 1.29 bits per heavy atom. The molecule has 17 heavy (non-hydrogen) atoms. The second-order valence-corrected chi connectivity index (χ2v) is 3.56. The molecule has 90 valence electrons. The molecule has 0 saturated carbocycles. The number of rotatable bonds is 6. The van der Waals surface area contributed by atoms with Gasteiger partial charge in [-0.25, -0.2) is 0 Å². The number of ether oxygens (including phenoxy) is 2. The zero-order valence-electron chi connectivity index (χ0n) is 10.0. The molecule has 1 aromatic carbocycles. The van der Waals surface area contributed by atoms with Crippen LogP contribution in [0.4, 0.5) is 0 Å². The van der Waals surface area contributed by atoms with Gasteiger partial charge in [-0.1, -0.05) is 6.07 Å². The Kier molecular flexibility index (Phi) is 5.02. The number of carbonyl (C=O) groups is 1. The van der Waals surface area contributed by atoms with E-state index in [-0.39, 0.29) is 12.2 Å². The van der Waals surface area contributed by atoms with Crippen molar-refractivity contribution < 1.29 is 14.3 Å². The number of carbonyl (C=O) groups excluding carboxylic acids is 1. The predicted molar refractivity (Wildman–Crippen MR) is 63.1 cm³/mol. The molecule has 0 aliphatic carbocycles. The van der Waals surface area contributed by atoms with Crippen molar-refractivity contribution in [2.75, 3.05) is 14.2 Å². The van der Waals surface area contributed by atoms with Gasteiger partial charge in [0.15, 0.2) is 11.5 Å². The second kappa shape index (κ2) is 6.54. The lowest BCUT2D eigenvalue weighted by Gasteiger charge is -2.08. The van der Waals surface area contributed by atoms with E-state index >= 15 is 0 Å². The van der Waals surface area contributed by atoms with E-state index in [0.717, 1.165) is 5.56 Å². The smallest absolute Gasteiger partial charge is 0.161 e. The number of benzene rings is 1.